The zero-order chi connectivity index (χ0) is 19.1. The summed E-state index contributed by atoms with van der Waals surface area (Å²) >= 11 is 0. The molecule has 3 rings (SSSR count). The third kappa shape index (κ3) is 5.10. The van der Waals surface area contributed by atoms with E-state index in [-0.39, 0.29) is 18.3 Å². The molecule has 0 aliphatic heterocycles. The lowest BCUT2D eigenvalue weighted by Gasteiger charge is -2.09. The van der Waals surface area contributed by atoms with Crippen LogP contribution in [-0.2, 0) is 19.6 Å². The normalized spacial score (nSPS) is 10.6. The second-order valence-electron chi connectivity index (χ2n) is 5.86. The second kappa shape index (κ2) is 8.88. The molecular formula is C19H20FN5O2. The summed E-state index contributed by atoms with van der Waals surface area (Å²) < 4.78 is 20.2. The number of aromatic nitrogens is 4. The Kier molecular flexibility index (Phi) is 6.09. The summed E-state index contributed by atoms with van der Waals surface area (Å²) in [4.78, 5) is 12.3. The molecule has 0 radical (unpaired) electrons. The number of carbonyl (C=O) groups is 1. The molecule has 2 aromatic carbocycles. The van der Waals surface area contributed by atoms with Gasteiger partial charge in [0.2, 0.25) is 0 Å². The van der Waals surface area contributed by atoms with Crippen LogP contribution in [-0.4, -0.2) is 32.7 Å². The Labute approximate surface area is 156 Å². The Bertz CT molecular complexity index is 895. The van der Waals surface area contributed by atoms with E-state index in [1.807, 2.05) is 6.92 Å². The molecule has 1 heterocycles. The van der Waals surface area contributed by atoms with Crippen molar-refractivity contribution in [1.29, 1.82) is 0 Å². The third-order valence-electron chi connectivity index (χ3n) is 3.98. The van der Waals surface area contributed by atoms with Crippen molar-refractivity contribution in [2.24, 2.45) is 0 Å². The van der Waals surface area contributed by atoms with E-state index >= 15 is 0 Å². The van der Waals surface area contributed by atoms with Crippen molar-refractivity contribution in [3.8, 4) is 5.75 Å². The van der Waals surface area contributed by atoms with Crippen LogP contribution >= 0.6 is 0 Å². The van der Waals surface area contributed by atoms with Crippen LogP contribution in [0.15, 0.2) is 48.5 Å². The van der Waals surface area contributed by atoms with Gasteiger partial charge in [0.15, 0.2) is 5.82 Å². The number of aryl methyl sites for hydroxylation is 1. The average molecular weight is 369 g/mol. The maximum absolute atomic E-state index is 12.9. The zero-order valence-electron chi connectivity index (χ0n) is 14.9. The molecule has 0 unspecified atom stereocenters. The molecule has 0 spiro atoms. The van der Waals surface area contributed by atoms with Crippen molar-refractivity contribution < 1.29 is 13.9 Å². The molecule has 0 atom stereocenters. The number of benzene rings is 2. The van der Waals surface area contributed by atoms with Crippen LogP contribution in [0.1, 0.15) is 28.7 Å². The van der Waals surface area contributed by atoms with Crippen LogP contribution in [0.5, 0.6) is 5.75 Å². The lowest BCUT2D eigenvalue weighted by molar-refractivity contribution is 0.0953. The predicted molar refractivity (Wildman–Crippen MR) is 96.7 cm³/mol. The van der Waals surface area contributed by atoms with Crippen LogP contribution in [0.4, 0.5) is 4.39 Å². The molecular weight excluding hydrogens is 349 g/mol. The maximum atomic E-state index is 12.9. The number of nitrogens with one attached hydrogen (secondary N) is 1. The first-order chi connectivity index (χ1) is 13.2. The third-order valence-corrected chi connectivity index (χ3v) is 3.98. The largest absolute Gasteiger partial charge is 0.486 e. The van der Waals surface area contributed by atoms with Gasteiger partial charge in [0, 0.05) is 18.7 Å². The topological polar surface area (TPSA) is 81.9 Å². The minimum absolute atomic E-state index is 0.194. The van der Waals surface area contributed by atoms with E-state index in [0.717, 1.165) is 5.56 Å². The van der Waals surface area contributed by atoms with Crippen LogP contribution in [0.3, 0.4) is 0 Å². The number of nitrogens with zero attached hydrogens (tertiary/aromatic N) is 4. The van der Waals surface area contributed by atoms with E-state index in [0.29, 0.717) is 36.6 Å². The highest BCUT2D eigenvalue weighted by molar-refractivity contribution is 5.94. The number of tetrazole rings is 1. The van der Waals surface area contributed by atoms with Crippen LogP contribution in [0.25, 0.3) is 0 Å². The molecule has 0 fully saturated rings. The molecule has 0 aliphatic carbocycles. The molecule has 27 heavy (non-hydrogen) atoms. The molecule has 0 aliphatic rings. The molecule has 7 nitrogen and oxygen atoms in total. The van der Waals surface area contributed by atoms with E-state index in [1.165, 1.54) is 12.1 Å². The fraction of sp³-hybridized carbons (Fsp3) is 0.263. The van der Waals surface area contributed by atoms with Gasteiger partial charge in [-0.15, -0.1) is 5.10 Å². The van der Waals surface area contributed by atoms with Crippen LogP contribution in [0, 0.1) is 5.82 Å². The first kappa shape index (κ1) is 18.5. The highest BCUT2D eigenvalue weighted by atomic mass is 19.1. The lowest BCUT2D eigenvalue weighted by atomic mass is 10.1. The first-order valence-electron chi connectivity index (χ1n) is 8.66. The summed E-state index contributed by atoms with van der Waals surface area (Å²) in [5.41, 5.74) is 1.46. The highest BCUT2D eigenvalue weighted by Crippen LogP contribution is 2.15. The SMILES string of the molecule is CCn1nnnc1COc1cccc(C(=O)NCCc2ccc(F)cc2)c1. The van der Waals surface area contributed by atoms with Crippen molar-refractivity contribution in [1.82, 2.24) is 25.5 Å². The number of hydrogen-bond donors (Lipinski definition) is 1. The number of ether oxygens (including phenoxy) is 1. The molecule has 3 aromatic rings. The Hall–Kier alpha value is -3.29. The fourth-order valence-electron chi connectivity index (χ4n) is 2.52. The summed E-state index contributed by atoms with van der Waals surface area (Å²) in [6.07, 6.45) is 0.627. The molecule has 1 aromatic heterocycles. The van der Waals surface area contributed by atoms with Gasteiger partial charge in [-0.05, 0) is 59.7 Å². The van der Waals surface area contributed by atoms with Gasteiger partial charge in [-0.2, -0.15) is 0 Å². The first-order valence-corrected chi connectivity index (χ1v) is 8.66. The monoisotopic (exact) mass is 369 g/mol. The van der Waals surface area contributed by atoms with Crippen LogP contribution < -0.4 is 10.1 Å². The maximum Gasteiger partial charge on any atom is 0.251 e. The Morgan fingerprint density at radius 2 is 2.04 bits per heavy atom. The number of hydrogen-bond acceptors (Lipinski definition) is 5. The van der Waals surface area contributed by atoms with Crippen molar-refractivity contribution in [3.63, 3.8) is 0 Å². The summed E-state index contributed by atoms with van der Waals surface area (Å²) in [6, 6.07) is 13.2. The van der Waals surface area contributed by atoms with Gasteiger partial charge in [-0.1, -0.05) is 18.2 Å². The minimum atomic E-state index is -0.271. The minimum Gasteiger partial charge on any atom is -0.486 e. The van der Waals surface area contributed by atoms with Crippen LogP contribution in [0.2, 0.25) is 0 Å². The molecule has 8 heteroatoms. The van der Waals surface area contributed by atoms with Gasteiger partial charge in [-0.3, -0.25) is 4.79 Å². The summed E-state index contributed by atoms with van der Waals surface area (Å²) in [6.45, 7) is 3.27. The predicted octanol–water partition coefficient (Wildman–Crippen LogP) is 2.38. The summed E-state index contributed by atoms with van der Waals surface area (Å²) in [7, 11) is 0. The second-order valence-corrected chi connectivity index (χ2v) is 5.86. The van der Waals surface area contributed by atoms with Gasteiger partial charge in [0.1, 0.15) is 18.2 Å². The van der Waals surface area contributed by atoms with E-state index in [9.17, 15) is 9.18 Å². The van der Waals surface area contributed by atoms with Gasteiger partial charge < -0.3 is 10.1 Å². The van der Waals surface area contributed by atoms with Crippen molar-refractivity contribution >= 4 is 5.91 Å². The Morgan fingerprint density at radius 3 is 2.81 bits per heavy atom. The van der Waals surface area contributed by atoms with E-state index in [2.05, 4.69) is 20.8 Å². The number of amides is 1. The summed E-state index contributed by atoms with van der Waals surface area (Å²) in [5.74, 6) is 0.715. The van der Waals surface area contributed by atoms with Crippen molar-refractivity contribution in [2.45, 2.75) is 26.5 Å². The smallest absolute Gasteiger partial charge is 0.251 e. The standard InChI is InChI=1S/C19H20FN5O2/c1-2-25-18(22-23-24-25)13-27-17-5-3-4-15(12-17)19(26)21-11-10-14-6-8-16(20)9-7-14/h3-9,12H,2,10-11,13H2,1H3,(H,21,26). The molecule has 0 saturated heterocycles. The van der Waals surface area contributed by atoms with E-state index in [4.69, 9.17) is 4.74 Å². The number of halogens is 1. The van der Waals surface area contributed by atoms with Crippen molar-refractivity contribution in [3.05, 3.63) is 71.3 Å². The highest BCUT2D eigenvalue weighted by Gasteiger charge is 2.09. The Balaban J connectivity index is 1.52. The zero-order valence-corrected chi connectivity index (χ0v) is 14.9. The van der Waals surface area contributed by atoms with Gasteiger partial charge in [-0.25, -0.2) is 9.07 Å². The summed E-state index contributed by atoms with van der Waals surface area (Å²) in [5, 5.41) is 14.2. The number of rotatable bonds is 8. The van der Waals surface area contributed by atoms with Crippen molar-refractivity contribution in [2.75, 3.05) is 6.54 Å². The Morgan fingerprint density at radius 1 is 1.22 bits per heavy atom. The van der Waals surface area contributed by atoms with E-state index in [1.54, 1.807) is 41.1 Å². The van der Waals surface area contributed by atoms with Gasteiger partial charge in [0.25, 0.3) is 5.91 Å². The average Bonchev–Trinajstić information content (AvgIpc) is 3.15. The number of carbonyl (C=O) groups excluding carboxylic acids is 1. The van der Waals surface area contributed by atoms with Gasteiger partial charge in [0.05, 0.1) is 0 Å². The molecule has 140 valence electrons. The van der Waals surface area contributed by atoms with Gasteiger partial charge >= 0.3 is 0 Å². The van der Waals surface area contributed by atoms with E-state index < -0.39 is 0 Å². The fourth-order valence-corrected chi connectivity index (χ4v) is 2.52. The lowest BCUT2D eigenvalue weighted by Crippen LogP contribution is -2.25. The molecule has 1 N–H and O–H groups in total. The molecule has 1 amide bonds. The molecule has 0 bridgehead atoms. The molecule has 0 saturated carbocycles. The quantitative estimate of drug-likeness (QED) is 0.659.